The summed E-state index contributed by atoms with van der Waals surface area (Å²) in [4.78, 5) is 0. The molecule has 0 N–H and O–H groups in total. The molecule has 0 aromatic heterocycles. The van der Waals surface area contributed by atoms with E-state index in [-0.39, 0.29) is 0 Å². The topological polar surface area (TPSA) is 36.9 Å². The lowest BCUT2D eigenvalue weighted by molar-refractivity contribution is 0.0827. The van der Waals surface area contributed by atoms with Crippen molar-refractivity contribution in [3.8, 4) is 0 Å². The van der Waals surface area contributed by atoms with Gasteiger partial charge >= 0.3 is 8.56 Å². The van der Waals surface area contributed by atoms with Crippen molar-refractivity contribution in [1.82, 2.24) is 0 Å². The minimum atomic E-state index is -2.16. The van der Waals surface area contributed by atoms with Crippen molar-refractivity contribution in [3.05, 3.63) is 0 Å². The van der Waals surface area contributed by atoms with Gasteiger partial charge in [0.2, 0.25) is 0 Å². The summed E-state index contributed by atoms with van der Waals surface area (Å²) in [6.45, 7) is 11.4. The molecule has 0 saturated heterocycles. The molecule has 0 aliphatic heterocycles. The third kappa shape index (κ3) is 9.57. The van der Waals surface area contributed by atoms with Gasteiger partial charge in [-0.2, -0.15) is 0 Å². The van der Waals surface area contributed by atoms with Crippen molar-refractivity contribution in [2.75, 3.05) is 40.6 Å². The van der Waals surface area contributed by atoms with Crippen LogP contribution in [0.2, 0.25) is 12.1 Å². The zero-order valence-corrected chi connectivity index (χ0v) is 14.5. The van der Waals surface area contributed by atoms with Crippen molar-refractivity contribution in [1.29, 1.82) is 0 Å². The Morgan fingerprint density at radius 2 is 1.05 bits per heavy atom. The zero-order valence-electron chi connectivity index (χ0n) is 13.5. The molecule has 5 heteroatoms. The first-order valence-corrected chi connectivity index (χ1v) is 9.44. The van der Waals surface area contributed by atoms with Crippen molar-refractivity contribution in [2.45, 2.75) is 39.8 Å². The first-order chi connectivity index (χ1) is 8.95. The lowest BCUT2D eigenvalue weighted by atomic mass is 10.3. The first-order valence-electron chi connectivity index (χ1n) is 7.21. The second-order valence-electron chi connectivity index (χ2n) is 5.79. The third-order valence-corrected chi connectivity index (χ3v) is 7.08. The smallest absolute Gasteiger partial charge is 0.338 e. The number of ether oxygens (including phenoxy) is 2. The first kappa shape index (κ1) is 19.1. The molecule has 0 unspecified atom stereocenters. The summed E-state index contributed by atoms with van der Waals surface area (Å²) in [7, 11) is 1.24. The molecule has 19 heavy (non-hydrogen) atoms. The van der Waals surface area contributed by atoms with E-state index in [0.29, 0.717) is 38.3 Å². The van der Waals surface area contributed by atoms with Gasteiger partial charge < -0.3 is 18.3 Å². The van der Waals surface area contributed by atoms with Gasteiger partial charge in [-0.15, -0.1) is 0 Å². The monoisotopic (exact) mass is 292 g/mol. The summed E-state index contributed by atoms with van der Waals surface area (Å²) in [5, 5.41) is 0. The molecule has 0 radical (unpaired) electrons. The maximum absolute atomic E-state index is 6.17. The molecular formula is C14H32O4Si. The fourth-order valence-electron chi connectivity index (χ4n) is 2.23. The summed E-state index contributed by atoms with van der Waals surface area (Å²) in [5.74, 6) is 1.16. The van der Waals surface area contributed by atoms with Gasteiger partial charge in [-0.05, 0) is 23.9 Å². The Kier molecular flexibility index (Phi) is 10.8. The molecule has 0 amide bonds. The van der Waals surface area contributed by atoms with Gasteiger partial charge in [0.05, 0.1) is 26.4 Å². The highest BCUT2D eigenvalue weighted by atomic mass is 28.4. The number of hydrogen-bond acceptors (Lipinski definition) is 4. The van der Waals surface area contributed by atoms with E-state index in [1.807, 2.05) is 0 Å². The molecule has 0 fully saturated rings. The normalized spacial score (nSPS) is 12.6. The van der Waals surface area contributed by atoms with Gasteiger partial charge in [0.15, 0.2) is 0 Å². The Labute approximate surface area is 120 Å². The quantitative estimate of drug-likeness (QED) is 0.409. The Balaban J connectivity index is 4.63. The Hall–Kier alpha value is 0.0569. The second-order valence-corrected chi connectivity index (χ2v) is 9.00. The molecule has 116 valence electrons. The van der Waals surface area contributed by atoms with Crippen LogP contribution in [0, 0.1) is 11.8 Å². The minimum Gasteiger partial charge on any atom is -0.392 e. The number of hydrogen-bond donors (Lipinski definition) is 0. The van der Waals surface area contributed by atoms with Crippen molar-refractivity contribution in [2.24, 2.45) is 11.8 Å². The molecule has 0 aromatic carbocycles. The van der Waals surface area contributed by atoms with Gasteiger partial charge in [0.25, 0.3) is 0 Å². The van der Waals surface area contributed by atoms with Crippen LogP contribution in [0.15, 0.2) is 0 Å². The van der Waals surface area contributed by atoms with Crippen LogP contribution in [0.4, 0.5) is 0 Å². The highest BCUT2D eigenvalue weighted by Crippen LogP contribution is 2.27. The Morgan fingerprint density at radius 3 is 1.32 bits per heavy atom. The predicted molar refractivity (Wildman–Crippen MR) is 80.7 cm³/mol. The number of rotatable bonds is 12. The summed E-state index contributed by atoms with van der Waals surface area (Å²) in [6.07, 6.45) is 0. The Morgan fingerprint density at radius 1 is 0.684 bits per heavy atom. The van der Waals surface area contributed by atoms with Crippen LogP contribution in [0.25, 0.3) is 0 Å². The lowest BCUT2D eigenvalue weighted by Gasteiger charge is -2.33. The predicted octanol–water partition coefficient (Wildman–Crippen LogP) is 3.07. The molecule has 0 heterocycles. The van der Waals surface area contributed by atoms with Crippen LogP contribution in [-0.4, -0.2) is 49.2 Å². The van der Waals surface area contributed by atoms with Crippen LogP contribution >= 0.6 is 0 Å². The van der Waals surface area contributed by atoms with Gasteiger partial charge in [0.1, 0.15) is 0 Å². The van der Waals surface area contributed by atoms with Gasteiger partial charge in [0, 0.05) is 14.2 Å². The van der Waals surface area contributed by atoms with Gasteiger partial charge in [-0.25, -0.2) is 0 Å². The second kappa shape index (κ2) is 10.8. The van der Waals surface area contributed by atoms with Crippen LogP contribution < -0.4 is 0 Å². The molecular weight excluding hydrogens is 260 g/mol. The van der Waals surface area contributed by atoms with Crippen LogP contribution in [-0.2, 0) is 18.3 Å². The minimum absolute atomic E-state index is 0.579. The highest BCUT2D eigenvalue weighted by Gasteiger charge is 2.39. The van der Waals surface area contributed by atoms with E-state index in [0.717, 1.165) is 12.1 Å². The fraction of sp³-hybridized carbons (Fsp3) is 1.00. The molecule has 0 aromatic rings. The van der Waals surface area contributed by atoms with Crippen molar-refractivity contribution in [3.63, 3.8) is 0 Å². The van der Waals surface area contributed by atoms with Gasteiger partial charge in [-0.3, -0.25) is 0 Å². The maximum Gasteiger partial charge on any atom is 0.338 e. The van der Waals surface area contributed by atoms with E-state index in [1.54, 1.807) is 14.2 Å². The summed E-state index contributed by atoms with van der Waals surface area (Å²) >= 11 is 0. The molecule has 0 spiro atoms. The Bertz CT molecular complexity index is 188. The lowest BCUT2D eigenvalue weighted by Crippen LogP contribution is -2.46. The molecule has 0 rings (SSSR count). The van der Waals surface area contributed by atoms with Crippen molar-refractivity contribution < 1.29 is 18.3 Å². The third-order valence-electron chi connectivity index (χ3n) is 2.74. The molecule has 4 nitrogen and oxygen atoms in total. The molecule has 0 bridgehead atoms. The van der Waals surface area contributed by atoms with E-state index in [1.165, 1.54) is 0 Å². The molecule has 0 aliphatic carbocycles. The molecule has 0 saturated carbocycles. The SMILES string of the molecule is COCCO[Si](CC(C)C)(CC(C)C)OCCOC. The van der Waals surface area contributed by atoms with E-state index in [2.05, 4.69) is 27.7 Å². The fourth-order valence-corrected chi connectivity index (χ4v) is 6.35. The maximum atomic E-state index is 6.17. The average Bonchev–Trinajstić information content (AvgIpc) is 2.27. The zero-order chi connectivity index (χ0) is 14.7. The number of methoxy groups -OCH3 is 2. The summed E-state index contributed by atoms with van der Waals surface area (Å²) < 4.78 is 22.5. The van der Waals surface area contributed by atoms with E-state index in [9.17, 15) is 0 Å². The van der Waals surface area contributed by atoms with E-state index < -0.39 is 8.56 Å². The average molecular weight is 292 g/mol. The van der Waals surface area contributed by atoms with Crippen LogP contribution in [0.5, 0.6) is 0 Å². The standard InChI is InChI=1S/C14H32O4Si/c1-13(2)11-19(12-14(3)4,17-9-7-15-5)18-10-8-16-6/h13-14H,7-12H2,1-6H3. The van der Waals surface area contributed by atoms with Crippen molar-refractivity contribution >= 4 is 8.56 Å². The highest BCUT2D eigenvalue weighted by molar-refractivity contribution is 6.67. The largest absolute Gasteiger partial charge is 0.392 e. The molecule has 0 aliphatic rings. The molecule has 0 atom stereocenters. The van der Waals surface area contributed by atoms with Crippen LogP contribution in [0.1, 0.15) is 27.7 Å². The summed E-state index contributed by atoms with van der Waals surface area (Å²) in [5.41, 5.74) is 0. The van der Waals surface area contributed by atoms with E-state index >= 15 is 0 Å². The van der Waals surface area contributed by atoms with Crippen LogP contribution in [0.3, 0.4) is 0 Å². The van der Waals surface area contributed by atoms with E-state index in [4.69, 9.17) is 18.3 Å². The van der Waals surface area contributed by atoms with Gasteiger partial charge in [-0.1, -0.05) is 27.7 Å². The summed E-state index contributed by atoms with van der Waals surface area (Å²) in [6, 6.07) is 2.05.